The Bertz CT molecular complexity index is 1130. The van der Waals surface area contributed by atoms with Crippen LogP contribution >= 0.6 is 0 Å². The average molecular weight is 561 g/mol. The molecule has 218 valence electrons. The molecule has 1 amide bonds. The standard InChI is InChI=1S/C26H37F5N6O2/c1-24(2,3)39-23(38)36-22(16-6-8-25(27,28)9-7-16)19-14-37-20(35-19)10-17(12-34-37)21(15-4-5-15)33-13-18(32)11-26(29,30)31/h10,12,14-16,18,21-22,33H,4-9,11,13,32H2,1-3H3,(H,36,38)/t18?,21-,22+/m1/s1. The van der Waals surface area contributed by atoms with Crippen LogP contribution in [0.4, 0.5) is 26.7 Å². The number of carbonyl (C=O) groups excluding carboxylic acids is 1. The van der Waals surface area contributed by atoms with E-state index < -0.39 is 42.3 Å². The van der Waals surface area contributed by atoms with Gasteiger partial charge in [-0.1, -0.05) is 0 Å². The van der Waals surface area contributed by atoms with E-state index in [0.717, 1.165) is 18.4 Å². The van der Waals surface area contributed by atoms with Crippen molar-refractivity contribution in [3.05, 3.63) is 29.7 Å². The number of amides is 1. The fourth-order valence-corrected chi connectivity index (χ4v) is 5.13. The summed E-state index contributed by atoms with van der Waals surface area (Å²) in [5.41, 5.74) is 6.68. The van der Waals surface area contributed by atoms with Gasteiger partial charge in [0.15, 0.2) is 5.65 Å². The molecule has 2 aromatic rings. The fourth-order valence-electron chi connectivity index (χ4n) is 5.13. The number of rotatable bonds is 9. The molecule has 0 bridgehead atoms. The van der Waals surface area contributed by atoms with Crippen LogP contribution in [-0.4, -0.2) is 51.0 Å². The molecule has 2 aromatic heterocycles. The Labute approximate surface area is 224 Å². The number of imidazole rings is 1. The Kier molecular flexibility index (Phi) is 8.42. The third kappa shape index (κ3) is 8.47. The second kappa shape index (κ2) is 11.1. The number of nitrogens with zero attached hydrogens (tertiary/aromatic N) is 3. The predicted molar refractivity (Wildman–Crippen MR) is 134 cm³/mol. The van der Waals surface area contributed by atoms with Crippen molar-refractivity contribution in [1.82, 2.24) is 25.2 Å². The van der Waals surface area contributed by atoms with Crippen molar-refractivity contribution >= 4 is 11.7 Å². The van der Waals surface area contributed by atoms with E-state index in [0.29, 0.717) is 11.3 Å². The lowest BCUT2D eigenvalue weighted by Crippen LogP contribution is -2.40. The third-order valence-corrected chi connectivity index (χ3v) is 7.13. The van der Waals surface area contributed by atoms with E-state index in [1.807, 2.05) is 0 Å². The minimum atomic E-state index is -4.33. The molecule has 4 rings (SSSR count). The lowest BCUT2D eigenvalue weighted by atomic mass is 9.81. The second-order valence-corrected chi connectivity index (χ2v) is 11.9. The summed E-state index contributed by atoms with van der Waals surface area (Å²) >= 11 is 0. The number of fused-ring (bicyclic) bond motifs is 1. The summed E-state index contributed by atoms with van der Waals surface area (Å²) in [4.78, 5) is 17.3. The first-order valence-electron chi connectivity index (χ1n) is 13.4. The fraction of sp³-hybridized carbons (Fsp3) is 0.731. The number of aromatic nitrogens is 3. The zero-order valence-electron chi connectivity index (χ0n) is 22.4. The lowest BCUT2D eigenvalue weighted by Gasteiger charge is -2.33. The zero-order chi connectivity index (χ0) is 28.6. The molecule has 39 heavy (non-hydrogen) atoms. The van der Waals surface area contributed by atoms with Crippen LogP contribution < -0.4 is 16.4 Å². The Morgan fingerprint density at radius 1 is 1.15 bits per heavy atom. The molecule has 2 fully saturated rings. The number of ether oxygens (including phenoxy) is 1. The molecular weight excluding hydrogens is 523 g/mol. The molecule has 1 unspecified atom stereocenters. The van der Waals surface area contributed by atoms with E-state index in [1.54, 1.807) is 43.7 Å². The summed E-state index contributed by atoms with van der Waals surface area (Å²) in [6.45, 7) is 5.21. The average Bonchev–Trinajstić information content (AvgIpc) is 3.53. The smallest absolute Gasteiger partial charge is 0.408 e. The van der Waals surface area contributed by atoms with E-state index in [1.165, 1.54) is 0 Å². The highest BCUT2D eigenvalue weighted by atomic mass is 19.4. The van der Waals surface area contributed by atoms with Gasteiger partial charge in [0, 0.05) is 31.5 Å². The quantitative estimate of drug-likeness (QED) is 0.353. The summed E-state index contributed by atoms with van der Waals surface area (Å²) < 4.78 is 72.8. The number of alkyl halides is 5. The van der Waals surface area contributed by atoms with Crippen molar-refractivity contribution in [1.29, 1.82) is 0 Å². The van der Waals surface area contributed by atoms with Crippen LogP contribution in [0.25, 0.3) is 5.65 Å². The second-order valence-electron chi connectivity index (χ2n) is 11.9. The molecule has 0 aliphatic heterocycles. The number of hydrogen-bond acceptors (Lipinski definition) is 6. The molecule has 8 nitrogen and oxygen atoms in total. The molecular formula is C26H37F5N6O2. The van der Waals surface area contributed by atoms with E-state index in [2.05, 4.69) is 20.7 Å². The van der Waals surface area contributed by atoms with Crippen molar-refractivity contribution in [3.63, 3.8) is 0 Å². The van der Waals surface area contributed by atoms with Gasteiger partial charge in [0.1, 0.15) is 5.60 Å². The Morgan fingerprint density at radius 3 is 2.38 bits per heavy atom. The van der Waals surface area contributed by atoms with Crippen LogP contribution in [0.5, 0.6) is 0 Å². The van der Waals surface area contributed by atoms with Gasteiger partial charge in [0.2, 0.25) is 5.92 Å². The summed E-state index contributed by atoms with van der Waals surface area (Å²) in [6.07, 6.45) is -1.01. The molecule has 0 spiro atoms. The summed E-state index contributed by atoms with van der Waals surface area (Å²) in [7, 11) is 0. The minimum absolute atomic E-state index is 0.000254. The van der Waals surface area contributed by atoms with Gasteiger partial charge < -0.3 is 21.1 Å². The van der Waals surface area contributed by atoms with Crippen LogP contribution in [0, 0.1) is 11.8 Å². The van der Waals surface area contributed by atoms with Gasteiger partial charge in [-0.15, -0.1) is 0 Å². The van der Waals surface area contributed by atoms with E-state index in [9.17, 15) is 26.7 Å². The number of hydrogen-bond donors (Lipinski definition) is 3. The van der Waals surface area contributed by atoms with Crippen molar-refractivity contribution < 1.29 is 31.5 Å². The summed E-state index contributed by atoms with van der Waals surface area (Å²) in [5, 5.41) is 10.5. The van der Waals surface area contributed by atoms with Crippen LogP contribution in [0.1, 0.15) is 89.1 Å². The number of alkyl carbamates (subject to hydrolysis) is 1. The Balaban J connectivity index is 1.55. The van der Waals surface area contributed by atoms with Crippen LogP contribution in [0.2, 0.25) is 0 Å². The highest BCUT2D eigenvalue weighted by Gasteiger charge is 2.40. The highest BCUT2D eigenvalue weighted by molar-refractivity contribution is 5.68. The Hall–Kier alpha value is -2.54. The van der Waals surface area contributed by atoms with E-state index in [-0.39, 0.29) is 50.1 Å². The van der Waals surface area contributed by atoms with Gasteiger partial charge >= 0.3 is 12.3 Å². The molecule has 0 radical (unpaired) electrons. The molecule has 2 aliphatic rings. The van der Waals surface area contributed by atoms with Crippen molar-refractivity contribution in [3.8, 4) is 0 Å². The van der Waals surface area contributed by atoms with Crippen LogP contribution in [0.3, 0.4) is 0 Å². The monoisotopic (exact) mass is 560 g/mol. The highest BCUT2D eigenvalue weighted by Crippen LogP contribution is 2.42. The topological polar surface area (TPSA) is 107 Å². The molecule has 2 saturated carbocycles. The van der Waals surface area contributed by atoms with Crippen LogP contribution in [-0.2, 0) is 4.74 Å². The number of nitrogens with two attached hydrogens (primary N) is 1. The zero-order valence-corrected chi connectivity index (χ0v) is 22.4. The first-order chi connectivity index (χ1) is 18.1. The Morgan fingerprint density at radius 2 is 1.79 bits per heavy atom. The number of carbonyl (C=O) groups is 1. The van der Waals surface area contributed by atoms with Crippen molar-refractivity contribution in [2.24, 2.45) is 17.6 Å². The molecule has 3 atom stereocenters. The van der Waals surface area contributed by atoms with Gasteiger partial charge in [-0.05, 0) is 69.9 Å². The predicted octanol–water partition coefficient (Wildman–Crippen LogP) is 5.44. The molecule has 0 aromatic carbocycles. The molecule has 2 aliphatic carbocycles. The van der Waals surface area contributed by atoms with Gasteiger partial charge in [0.05, 0.1) is 30.6 Å². The first kappa shape index (κ1) is 29.4. The minimum Gasteiger partial charge on any atom is -0.444 e. The van der Waals surface area contributed by atoms with Gasteiger partial charge in [0.25, 0.3) is 0 Å². The summed E-state index contributed by atoms with van der Waals surface area (Å²) in [6, 6.07) is -0.137. The summed E-state index contributed by atoms with van der Waals surface area (Å²) in [5.74, 6) is -2.74. The van der Waals surface area contributed by atoms with Gasteiger partial charge in [-0.3, -0.25) is 0 Å². The SMILES string of the molecule is CC(C)(C)OC(=O)N[C@H](c1cn2ncc([C@H](NCC(N)CC(F)(F)F)C3CC3)cc2n1)C1CCC(F)(F)CC1. The number of halogens is 5. The first-order valence-corrected chi connectivity index (χ1v) is 13.4. The maximum atomic E-state index is 13.9. The van der Waals surface area contributed by atoms with Gasteiger partial charge in [-0.2, -0.15) is 18.3 Å². The van der Waals surface area contributed by atoms with Gasteiger partial charge in [-0.25, -0.2) is 23.1 Å². The van der Waals surface area contributed by atoms with Crippen molar-refractivity contribution in [2.45, 2.75) is 102 Å². The lowest BCUT2D eigenvalue weighted by molar-refractivity contribution is -0.138. The van der Waals surface area contributed by atoms with Crippen molar-refractivity contribution in [2.75, 3.05) is 6.54 Å². The molecule has 0 saturated heterocycles. The molecule has 4 N–H and O–H groups in total. The van der Waals surface area contributed by atoms with E-state index >= 15 is 0 Å². The number of nitrogens with one attached hydrogen (secondary N) is 2. The third-order valence-electron chi connectivity index (χ3n) is 7.13. The maximum absolute atomic E-state index is 13.9. The largest absolute Gasteiger partial charge is 0.444 e. The van der Waals surface area contributed by atoms with Crippen LogP contribution in [0.15, 0.2) is 18.5 Å². The normalized spacial score (nSPS) is 20.9. The molecule has 2 heterocycles. The maximum Gasteiger partial charge on any atom is 0.408 e. The van der Waals surface area contributed by atoms with E-state index in [4.69, 9.17) is 10.5 Å². The molecule has 13 heteroatoms.